The largest absolute Gasteiger partial charge is 0.444 e. The number of ether oxygens (including phenoxy) is 2. The zero-order valence-corrected chi connectivity index (χ0v) is 23.5. The van der Waals surface area contributed by atoms with E-state index in [9.17, 15) is 9.59 Å². The van der Waals surface area contributed by atoms with Gasteiger partial charge in [0.1, 0.15) is 11.9 Å². The number of hydrogen-bond acceptors (Lipinski definition) is 5. The van der Waals surface area contributed by atoms with Crippen LogP contribution in [0.3, 0.4) is 0 Å². The fraction of sp³-hybridized carbons (Fsp3) is 0.517. The standard InChI is InChI=1S/C29H41NO5Si/c1-28(2,3)35-27(32)30-20-23(14-13-19-31)34-24(21-30)22-33-36(29(4,5)6,25-15-9-7-10-16-25)26-17-11-8-12-18-26/h7-12,15-19,23-24H,13-14,20-22H2,1-6H3/t23?,24-/m0/s1. The van der Waals surface area contributed by atoms with Crippen LogP contribution in [0, 0.1) is 0 Å². The summed E-state index contributed by atoms with van der Waals surface area (Å²) in [5, 5.41) is 2.23. The SMILES string of the molecule is CC(C)(C)OC(=O)N1CC(CCC=O)O[C@H](CO[Si](c2ccccc2)(c2ccccc2)C(C)(C)C)C1. The van der Waals surface area contributed by atoms with E-state index in [1.165, 1.54) is 10.4 Å². The highest BCUT2D eigenvalue weighted by Gasteiger charge is 2.50. The van der Waals surface area contributed by atoms with Crippen LogP contribution >= 0.6 is 0 Å². The number of carbonyl (C=O) groups is 2. The predicted molar refractivity (Wildman–Crippen MR) is 145 cm³/mol. The maximum Gasteiger partial charge on any atom is 0.410 e. The smallest absolute Gasteiger partial charge is 0.410 e. The molecule has 1 aliphatic heterocycles. The van der Waals surface area contributed by atoms with Crippen molar-refractivity contribution in [3.05, 3.63) is 60.7 Å². The van der Waals surface area contributed by atoms with Crippen molar-refractivity contribution in [2.24, 2.45) is 0 Å². The van der Waals surface area contributed by atoms with Gasteiger partial charge >= 0.3 is 6.09 Å². The first-order valence-electron chi connectivity index (χ1n) is 12.8. The highest BCUT2D eigenvalue weighted by molar-refractivity contribution is 6.99. The molecule has 0 aromatic heterocycles. The highest BCUT2D eigenvalue weighted by Crippen LogP contribution is 2.37. The van der Waals surface area contributed by atoms with E-state index in [1.54, 1.807) is 4.90 Å². The molecule has 3 rings (SSSR count). The molecule has 2 aromatic carbocycles. The zero-order valence-electron chi connectivity index (χ0n) is 22.5. The summed E-state index contributed by atoms with van der Waals surface area (Å²) >= 11 is 0. The number of amides is 1. The summed E-state index contributed by atoms with van der Waals surface area (Å²) in [5.74, 6) is 0. The van der Waals surface area contributed by atoms with Crippen LogP contribution in [0.4, 0.5) is 4.79 Å². The van der Waals surface area contributed by atoms with Crippen molar-refractivity contribution in [3.63, 3.8) is 0 Å². The molecule has 0 bridgehead atoms. The summed E-state index contributed by atoms with van der Waals surface area (Å²) < 4.78 is 19.1. The minimum atomic E-state index is -2.74. The van der Waals surface area contributed by atoms with E-state index in [-0.39, 0.29) is 23.3 Å². The predicted octanol–water partition coefficient (Wildman–Crippen LogP) is 4.55. The lowest BCUT2D eigenvalue weighted by Crippen LogP contribution is -2.67. The molecule has 1 saturated heterocycles. The van der Waals surface area contributed by atoms with Gasteiger partial charge in [-0.15, -0.1) is 0 Å². The van der Waals surface area contributed by atoms with E-state index in [1.807, 2.05) is 32.9 Å². The molecule has 0 aliphatic carbocycles. The molecule has 0 saturated carbocycles. The van der Waals surface area contributed by atoms with Gasteiger partial charge in [0.15, 0.2) is 0 Å². The third-order valence-corrected chi connectivity index (χ3v) is 11.4. The number of aldehydes is 1. The molecule has 0 N–H and O–H groups in total. The van der Waals surface area contributed by atoms with Gasteiger partial charge in [-0.1, -0.05) is 81.4 Å². The van der Waals surface area contributed by atoms with Gasteiger partial charge in [0, 0.05) is 6.42 Å². The molecule has 2 aromatic rings. The van der Waals surface area contributed by atoms with Gasteiger partial charge in [-0.3, -0.25) is 0 Å². The van der Waals surface area contributed by atoms with Crippen LogP contribution in [0.1, 0.15) is 54.4 Å². The monoisotopic (exact) mass is 511 g/mol. The number of carbonyl (C=O) groups excluding carboxylic acids is 2. The van der Waals surface area contributed by atoms with Crippen LogP contribution in [-0.2, 0) is 18.7 Å². The Balaban J connectivity index is 1.91. The second kappa shape index (κ2) is 11.7. The van der Waals surface area contributed by atoms with Gasteiger partial charge in [-0.05, 0) is 42.6 Å². The Labute approximate surface area is 217 Å². The Hall–Kier alpha value is -2.48. The van der Waals surface area contributed by atoms with Gasteiger partial charge < -0.3 is 23.6 Å². The van der Waals surface area contributed by atoms with Crippen molar-refractivity contribution in [3.8, 4) is 0 Å². The maximum absolute atomic E-state index is 12.9. The lowest BCUT2D eigenvalue weighted by Gasteiger charge is -2.45. The Kier molecular flexibility index (Phi) is 9.14. The fourth-order valence-electron chi connectivity index (χ4n) is 4.88. The first kappa shape index (κ1) is 28.1. The molecule has 0 radical (unpaired) electrons. The maximum atomic E-state index is 12.9. The topological polar surface area (TPSA) is 65.1 Å². The molecule has 6 nitrogen and oxygen atoms in total. The van der Waals surface area contributed by atoms with E-state index >= 15 is 0 Å². The lowest BCUT2D eigenvalue weighted by molar-refractivity contribution is -0.114. The number of morpholine rings is 1. The van der Waals surface area contributed by atoms with Crippen LogP contribution in [0.25, 0.3) is 0 Å². The fourth-order valence-corrected chi connectivity index (χ4v) is 9.48. The van der Waals surface area contributed by atoms with Crippen molar-refractivity contribution in [1.29, 1.82) is 0 Å². The minimum absolute atomic E-state index is 0.161. The number of rotatable bonds is 8. The Bertz CT molecular complexity index is 945. The molecule has 1 heterocycles. The van der Waals surface area contributed by atoms with Gasteiger partial charge in [0.05, 0.1) is 31.9 Å². The average Bonchev–Trinajstić information content (AvgIpc) is 2.82. The number of nitrogens with zero attached hydrogens (tertiary/aromatic N) is 1. The molecular formula is C29H41NO5Si. The molecule has 196 valence electrons. The minimum Gasteiger partial charge on any atom is -0.444 e. The van der Waals surface area contributed by atoms with Crippen LogP contribution < -0.4 is 10.4 Å². The third kappa shape index (κ3) is 6.84. The molecule has 1 aliphatic rings. The summed E-state index contributed by atoms with van der Waals surface area (Å²) in [5.41, 5.74) is -0.589. The van der Waals surface area contributed by atoms with E-state index in [0.29, 0.717) is 32.5 Å². The van der Waals surface area contributed by atoms with Crippen molar-refractivity contribution < 1.29 is 23.5 Å². The molecule has 7 heteroatoms. The van der Waals surface area contributed by atoms with Gasteiger partial charge in [-0.2, -0.15) is 0 Å². The highest BCUT2D eigenvalue weighted by atomic mass is 28.4. The van der Waals surface area contributed by atoms with Crippen LogP contribution in [-0.4, -0.2) is 63.1 Å². The normalized spacial score (nSPS) is 19.1. The summed E-state index contributed by atoms with van der Waals surface area (Å²) in [7, 11) is -2.74. The van der Waals surface area contributed by atoms with Crippen molar-refractivity contribution in [1.82, 2.24) is 4.90 Å². The Morgan fingerprint density at radius 3 is 1.94 bits per heavy atom. The third-order valence-electron chi connectivity index (χ3n) is 6.39. The molecule has 1 amide bonds. The van der Waals surface area contributed by atoms with Gasteiger partial charge in [0.25, 0.3) is 8.32 Å². The van der Waals surface area contributed by atoms with Gasteiger partial charge in [0.2, 0.25) is 0 Å². The Morgan fingerprint density at radius 2 is 1.47 bits per heavy atom. The van der Waals surface area contributed by atoms with Crippen LogP contribution in [0.5, 0.6) is 0 Å². The lowest BCUT2D eigenvalue weighted by atomic mass is 10.1. The van der Waals surface area contributed by atoms with Crippen molar-refractivity contribution in [2.75, 3.05) is 19.7 Å². The van der Waals surface area contributed by atoms with Crippen LogP contribution in [0.15, 0.2) is 60.7 Å². The van der Waals surface area contributed by atoms with Crippen molar-refractivity contribution in [2.45, 2.75) is 77.2 Å². The van der Waals surface area contributed by atoms with E-state index in [4.69, 9.17) is 13.9 Å². The van der Waals surface area contributed by atoms with E-state index in [0.717, 1.165) is 6.29 Å². The summed E-state index contributed by atoms with van der Waals surface area (Å²) in [6.07, 6.45) is 0.892. The molecule has 0 spiro atoms. The molecule has 1 fully saturated rings. The molecule has 36 heavy (non-hydrogen) atoms. The second-order valence-electron chi connectivity index (χ2n) is 11.5. The summed E-state index contributed by atoms with van der Waals surface area (Å²) in [6.45, 7) is 13.4. The van der Waals surface area contributed by atoms with Gasteiger partial charge in [-0.25, -0.2) is 4.79 Å². The molecule has 1 unspecified atom stereocenters. The second-order valence-corrected chi connectivity index (χ2v) is 15.8. The molecule has 2 atom stereocenters. The van der Waals surface area contributed by atoms with E-state index < -0.39 is 13.9 Å². The summed E-state index contributed by atoms with van der Waals surface area (Å²) in [6, 6.07) is 20.9. The van der Waals surface area contributed by atoms with Crippen molar-refractivity contribution >= 4 is 31.1 Å². The zero-order chi connectivity index (χ0) is 26.4. The van der Waals surface area contributed by atoms with Crippen LogP contribution in [0.2, 0.25) is 5.04 Å². The molecular weight excluding hydrogens is 470 g/mol. The quantitative estimate of drug-likeness (QED) is 0.384. The average molecular weight is 512 g/mol. The summed E-state index contributed by atoms with van der Waals surface area (Å²) in [4.78, 5) is 25.7. The first-order chi connectivity index (χ1) is 17.0. The first-order valence-corrected chi connectivity index (χ1v) is 14.7. The number of benzene rings is 2. The van der Waals surface area contributed by atoms with E-state index in [2.05, 4.69) is 69.3 Å². The Morgan fingerprint density at radius 1 is 0.944 bits per heavy atom. The number of hydrogen-bond donors (Lipinski definition) is 0.